The van der Waals surface area contributed by atoms with Crippen LogP contribution in [-0.2, 0) is 9.59 Å². The van der Waals surface area contributed by atoms with Crippen LogP contribution >= 0.6 is 0 Å². The second-order valence-electron chi connectivity index (χ2n) is 5.62. The number of carbonyl (C=O) groups is 2. The summed E-state index contributed by atoms with van der Waals surface area (Å²) >= 11 is 0. The quantitative estimate of drug-likeness (QED) is 0.587. The fraction of sp³-hybridized carbons (Fsp3) is 0.333. The van der Waals surface area contributed by atoms with Gasteiger partial charge in [-0.3, -0.25) is 0 Å². The van der Waals surface area contributed by atoms with Crippen LogP contribution in [0.2, 0.25) is 0 Å². The number of hydrogen-bond donors (Lipinski definition) is 4. The maximum Gasteiger partial charge on any atom is 0.414 e. The molecule has 1 atom stereocenters. The standard InChI is InChI=1S/C16H21NO2.C2H2O4/c1-12(2)17-10-14(18)11-19-16-9-5-7-13-6-3-4-8-15(13)16;3-1(4)2(5)6/h3-9,12,14,17-18H,10-11H2,1-2H3;(H,3,4)(H,5,6). The summed E-state index contributed by atoms with van der Waals surface area (Å²) in [5.41, 5.74) is 0. The second kappa shape index (κ2) is 10.3. The van der Waals surface area contributed by atoms with Gasteiger partial charge in [-0.2, -0.15) is 0 Å². The molecule has 0 aromatic heterocycles. The topological polar surface area (TPSA) is 116 Å². The third kappa shape index (κ3) is 7.65. The van der Waals surface area contributed by atoms with Gasteiger partial charge in [0.1, 0.15) is 18.5 Å². The lowest BCUT2D eigenvalue weighted by atomic mass is 10.1. The summed E-state index contributed by atoms with van der Waals surface area (Å²) in [5, 5.41) is 30.0. The molecule has 136 valence electrons. The minimum Gasteiger partial charge on any atom is -0.490 e. The smallest absolute Gasteiger partial charge is 0.414 e. The average Bonchev–Trinajstić information content (AvgIpc) is 2.58. The van der Waals surface area contributed by atoms with E-state index in [0.717, 1.165) is 16.5 Å². The van der Waals surface area contributed by atoms with Crippen LogP contribution in [0.15, 0.2) is 42.5 Å². The average molecular weight is 349 g/mol. The Kier molecular flexibility index (Phi) is 8.38. The Morgan fingerprint density at radius 3 is 2.24 bits per heavy atom. The summed E-state index contributed by atoms with van der Waals surface area (Å²) in [5.74, 6) is -2.83. The van der Waals surface area contributed by atoms with Crippen LogP contribution in [0.3, 0.4) is 0 Å². The van der Waals surface area contributed by atoms with Gasteiger partial charge in [0.05, 0.1) is 0 Å². The van der Waals surface area contributed by atoms with Crippen molar-refractivity contribution in [2.45, 2.75) is 26.0 Å². The van der Waals surface area contributed by atoms with Gasteiger partial charge in [0.15, 0.2) is 0 Å². The monoisotopic (exact) mass is 349 g/mol. The number of carboxylic acid groups (broad SMARTS) is 2. The summed E-state index contributed by atoms with van der Waals surface area (Å²) in [7, 11) is 0. The predicted octanol–water partition coefficient (Wildman–Crippen LogP) is 1.73. The summed E-state index contributed by atoms with van der Waals surface area (Å²) in [4.78, 5) is 18.2. The van der Waals surface area contributed by atoms with Crippen molar-refractivity contribution in [3.05, 3.63) is 42.5 Å². The van der Waals surface area contributed by atoms with Crippen LogP contribution in [0.1, 0.15) is 13.8 Å². The van der Waals surface area contributed by atoms with Crippen LogP contribution in [0, 0.1) is 0 Å². The normalized spacial score (nSPS) is 11.5. The Bertz CT molecular complexity index is 684. The largest absolute Gasteiger partial charge is 0.490 e. The first-order valence-corrected chi connectivity index (χ1v) is 7.79. The molecule has 0 bridgehead atoms. The number of rotatable bonds is 6. The first-order valence-electron chi connectivity index (χ1n) is 7.79. The number of aliphatic carboxylic acids is 2. The Hall–Kier alpha value is -2.64. The van der Waals surface area contributed by atoms with E-state index < -0.39 is 18.0 Å². The number of fused-ring (bicyclic) bond motifs is 1. The number of aliphatic hydroxyl groups is 1. The molecule has 0 fully saturated rings. The molecule has 0 aliphatic carbocycles. The molecular weight excluding hydrogens is 326 g/mol. The number of hydrogen-bond acceptors (Lipinski definition) is 5. The van der Waals surface area contributed by atoms with Gasteiger partial charge in [0.2, 0.25) is 0 Å². The molecule has 2 aromatic carbocycles. The molecule has 0 saturated heterocycles. The Labute approximate surface area is 145 Å². The molecule has 7 heteroatoms. The van der Waals surface area contributed by atoms with E-state index in [1.54, 1.807) is 0 Å². The van der Waals surface area contributed by atoms with Crippen molar-refractivity contribution in [1.82, 2.24) is 5.32 Å². The van der Waals surface area contributed by atoms with Gasteiger partial charge in [0, 0.05) is 18.0 Å². The zero-order valence-corrected chi connectivity index (χ0v) is 14.2. The van der Waals surface area contributed by atoms with Gasteiger partial charge in [0.25, 0.3) is 0 Å². The van der Waals surface area contributed by atoms with Crippen LogP contribution in [-0.4, -0.2) is 52.6 Å². The molecule has 0 aliphatic rings. The summed E-state index contributed by atoms with van der Waals surface area (Å²) in [6.45, 7) is 4.95. The molecule has 0 saturated carbocycles. The van der Waals surface area contributed by atoms with E-state index in [9.17, 15) is 5.11 Å². The van der Waals surface area contributed by atoms with Crippen molar-refractivity contribution in [3.8, 4) is 5.75 Å². The number of carboxylic acids is 2. The summed E-state index contributed by atoms with van der Waals surface area (Å²) in [6, 6.07) is 14.4. The molecule has 1 unspecified atom stereocenters. The van der Waals surface area contributed by atoms with Gasteiger partial charge in [-0.15, -0.1) is 0 Å². The highest BCUT2D eigenvalue weighted by Crippen LogP contribution is 2.25. The maximum atomic E-state index is 9.84. The summed E-state index contributed by atoms with van der Waals surface area (Å²) < 4.78 is 5.72. The van der Waals surface area contributed by atoms with Crippen molar-refractivity contribution >= 4 is 22.7 Å². The third-order valence-electron chi connectivity index (χ3n) is 3.13. The van der Waals surface area contributed by atoms with Gasteiger partial charge >= 0.3 is 11.9 Å². The predicted molar refractivity (Wildman–Crippen MR) is 93.9 cm³/mol. The molecule has 0 radical (unpaired) electrons. The van der Waals surface area contributed by atoms with E-state index in [1.807, 2.05) is 30.3 Å². The molecule has 7 nitrogen and oxygen atoms in total. The van der Waals surface area contributed by atoms with Gasteiger partial charge in [-0.1, -0.05) is 50.2 Å². The Balaban J connectivity index is 0.000000450. The van der Waals surface area contributed by atoms with Crippen LogP contribution in [0.4, 0.5) is 0 Å². The number of ether oxygens (including phenoxy) is 1. The zero-order valence-electron chi connectivity index (χ0n) is 14.2. The first-order chi connectivity index (χ1) is 11.8. The van der Waals surface area contributed by atoms with E-state index >= 15 is 0 Å². The van der Waals surface area contributed by atoms with E-state index in [4.69, 9.17) is 24.5 Å². The highest BCUT2D eigenvalue weighted by molar-refractivity contribution is 6.27. The Morgan fingerprint density at radius 1 is 1.04 bits per heavy atom. The maximum absolute atomic E-state index is 9.84. The van der Waals surface area contributed by atoms with E-state index in [0.29, 0.717) is 19.2 Å². The Morgan fingerprint density at radius 2 is 1.64 bits per heavy atom. The minimum absolute atomic E-state index is 0.299. The highest BCUT2D eigenvalue weighted by atomic mass is 16.5. The van der Waals surface area contributed by atoms with Crippen molar-refractivity contribution in [2.24, 2.45) is 0 Å². The van der Waals surface area contributed by atoms with Crippen molar-refractivity contribution < 1.29 is 29.6 Å². The molecule has 0 aliphatic heterocycles. The van der Waals surface area contributed by atoms with E-state index in [1.165, 1.54) is 0 Å². The van der Waals surface area contributed by atoms with Gasteiger partial charge < -0.3 is 25.4 Å². The molecule has 2 aromatic rings. The first kappa shape index (κ1) is 20.4. The fourth-order valence-corrected chi connectivity index (χ4v) is 1.94. The molecule has 25 heavy (non-hydrogen) atoms. The third-order valence-corrected chi connectivity index (χ3v) is 3.13. The van der Waals surface area contributed by atoms with Crippen LogP contribution in [0.5, 0.6) is 5.75 Å². The number of aliphatic hydroxyl groups excluding tert-OH is 1. The van der Waals surface area contributed by atoms with Gasteiger partial charge in [-0.05, 0) is 11.5 Å². The SMILES string of the molecule is CC(C)NCC(O)COc1cccc2ccccc12.O=C(O)C(=O)O. The van der Waals surface area contributed by atoms with E-state index in [-0.39, 0.29) is 0 Å². The molecule has 0 spiro atoms. The minimum atomic E-state index is -1.82. The van der Waals surface area contributed by atoms with Crippen LogP contribution in [0.25, 0.3) is 10.8 Å². The highest BCUT2D eigenvalue weighted by Gasteiger charge is 2.07. The van der Waals surface area contributed by atoms with Crippen molar-refractivity contribution in [2.75, 3.05) is 13.2 Å². The van der Waals surface area contributed by atoms with Crippen molar-refractivity contribution in [3.63, 3.8) is 0 Å². The zero-order chi connectivity index (χ0) is 18.8. The summed E-state index contributed by atoms with van der Waals surface area (Å²) in [6.07, 6.45) is -0.499. The van der Waals surface area contributed by atoms with Crippen molar-refractivity contribution in [1.29, 1.82) is 0 Å². The van der Waals surface area contributed by atoms with E-state index in [2.05, 4.69) is 31.3 Å². The van der Waals surface area contributed by atoms with Crippen LogP contribution < -0.4 is 10.1 Å². The molecule has 2 rings (SSSR count). The number of nitrogens with one attached hydrogen (secondary N) is 1. The molecule has 4 N–H and O–H groups in total. The second-order valence-corrected chi connectivity index (χ2v) is 5.62. The fourth-order valence-electron chi connectivity index (χ4n) is 1.94. The van der Waals surface area contributed by atoms with Gasteiger partial charge in [-0.25, -0.2) is 9.59 Å². The lowest BCUT2D eigenvalue weighted by Gasteiger charge is -2.15. The lowest BCUT2D eigenvalue weighted by Crippen LogP contribution is -2.35. The molecular formula is C18H23NO6. The molecule has 0 heterocycles. The number of benzene rings is 2. The molecule has 0 amide bonds. The lowest BCUT2D eigenvalue weighted by molar-refractivity contribution is -0.159.